The third-order valence-corrected chi connectivity index (χ3v) is 2.75. The van der Waals surface area contributed by atoms with Crippen molar-refractivity contribution in [1.82, 2.24) is 5.32 Å². The quantitative estimate of drug-likeness (QED) is 0.768. The van der Waals surface area contributed by atoms with E-state index in [1.807, 2.05) is 44.2 Å². The zero-order chi connectivity index (χ0) is 14.3. The molecular formula is C16H25NO2. The molecule has 1 rings (SSSR count). The van der Waals surface area contributed by atoms with Gasteiger partial charge in [0.15, 0.2) is 0 Å². The van der Waals surface area contributed by atoms with Crippen LogP contribution in [0.2, 0.25) is 0 Å². The summed E-state index contributed by atoms with van der Waals surface area (Å²) < 4.78 is 5.39. The van der Waals surface area contributed by atoms with Crippen molar-refractivity contribution in [2.24, 2.45) is 5.92 Å². The highest BCUT2D eigenvalue weighted by atomic mass is 16.5. The fraction of sp³-hybridized carbons (Fsp3) is 0.562. The second kappa shape index (κ2) is 7.95. The maximum atomic E-state index is 12.1. The van der Waals surface area contributed by atoms with Gasteiger partial charge in [0, 0.05) is 6.04 Å². The van der Waals surface area contributed by atoms with Gasteiger partial charge < -0.3 is 10.1 Å². The first kappa shape index (κ1) is 15.7. The molecule has 0 spiro atoms. The molecule has 0 aliphatic heterocycles. The van der Waals surface area contributed by atoms with E-state index >= 15 is 0 Å². The highest BCUT2D eigenvalue weighted by Crippen LogP contribution is 2.09. The Balaban J connectivity index is 2.51. The molecule has 106 valence electrons. The number of rotatable bonds is 7. The molecule has 0 saturated carbocycles. The second-order valence-corrected chi connectivity index (χ2v) is 5.60. The van der Waals surface area contributed by atoms with Gasteiger partial charge in [0.1, 0.15) is 12.6 Å². The number of hydrogen-bond acceptors (Lipinski definition) is 3. The van der Waals surface area contributed by atoms with Crippen LogP contribution in [0.15, 0.2) is 30.3 Å². The predicted molar refractivity (Wildman–Crippen MR) is 77.8 cm³/mol. The van der Waals surface area contributed by atoms with E-state index in [1.165, 1.54) is 0 Å². The SMILES string of the molecule is CC(C)CC(NC(C)C)C(=O)OCc1ccccc1. The lowest BCUT2D eigenvalue weighted by atomic mass is 10.0. The molecule has 1 atom stereocenters. The first-order chi connectivity index (χ1) is 8.99. The number of benzene rings is 1. The fourth-order valence-electron chi connectivity index (χ4n) is 1.94. The van der Waals surface area contributed by atoms with E-state index in [-0.39, 0.29) is 18.1 Å². The molecule has 3 nitrogen and oxygen atoms in total. The number of ether oxygens (including phenoxy) is 1. The molecule has 1 aromatic rings. The predicted octanol–water partition coefficient (Wildman–Crippen LogP) is 3.14. The van der Waals surface area contributed by atoms with E-state index in [9.17, 15) is 4.79 Å². The van der Waals surface area contributed by atoms with Crippen molar-refractivity contribution in [2.75, 3.05) is 0 Å². The van der Waals surface area contributed by atoms with E-state index in [1.54, 1.807) is 0 Å². The zero-order valence-corrected chi connectivity index (χ0v) is 12.3. The van der Waals surface area contributed by atoms with Crippen LogP contribution in [0.1, 0.15) is 39.7 Å². The standard InChI is InChI=1S/C16H25NO2/c1-12(2)10-15(17-13(3)4)16(18)19-11-14-8-6-5-7-9-14/h5-9,12-13,15,17H,10-11H2,1-4H3. The number of esters is 1. The minimum atomic E-state index is -0.219. The summed E-state index contributed by atoms with van der Waals surface area (Å²) >= 11 is 0. The molecule has 0 saturated heterocycles. The number of hydrogen-bond donors (Lipinski definition) is 1. The molecule has 0 heterocycles. The summed E-state index contributed by atoms with van der Waals surface area (Å²) in [6.07, 6.45) is 0.797. The lowest BCUT2D eigenvalue weighted by Crippen LogP contribution is -2.42. The van der Waals surface area contributed by atoms with Crippen LogP contribution in [0.3, 0.4) is 0 Å². The summed E-state index contributed by atoms with van der Waals surface area (Å²) in [5.74, 6) is 0.298. The van der Waals surface area contributed by atoms with Gasteiger partial charge in [-0.2, -0.15) is 0 Å². The van der Waals surface area contributed by atoms with Gasteiger partial charge in [0.2, 0.25) is 0 Å². The van der Waals surface area contributed by atoms with Crippen LogP contribution in [0.5, 0.6) is 0 Å². The Labute approximate surface area is 116 Å². The van der Waals surface area contributed by atoms with Crippen LogP contribution in [0.4, 0.5) is 0 Å². The van der Waals surface area contributed by atoms with Crippen molar-refractivity contribution in [1.29, 1.82) is 0 Å². The zero-order valence-electron chi connectivity index (χ0n) is 12.3. The van der Waals surface area contributed by atoms with Crippen molar-refractivity contribution < 1.29 is 9.53 Å². The summed E-state index contributed by atoms with van der Waals surface area (Å²) in [4.78, 5) is 12.1. The molecule has 0 radical (unpaired) electrons. The van der Waals surface area contributed by atoms with Crippen LogP contribution in [-0.2, 0) is 16.1 Å². The van der Waals surface area contributed by atoms with Gasteiger partial charge in [-0.15, -0.1) is 0 Å². The van der Waals surface area contributed by atoms with Gasteiger partial charge in [0.05, 0.1) is 0 Å². The van der Waals surface area contributed by atoms with Crippen LogP contribution >= 0.6 is 0 Å². The normalized spacial score (nSPS) is 12.7. The molecule has 0 fully saturated rings. The van der Waals surface area contributed by atoms with Gasteiger partial charge in [-0.1, -0.05) is 58.0 Å². The first-order valence-corrected chi connectivity index (χ1v) is 6.95. The molecule has 1 N–H and O–H groups in total. The van der Waals surface area contributed by atoms with E-state index in [0.717, 1.165) is 12.0 Å². The lowest BCUT2D eigenvalue weighted by Gasteiger charge is -2.21. The van der Waals surface area contributed by atoms with Crippen molar-refractivity contribution in [3.8, 4) is 0 Å². The lowest BCUT2D eigenvalue weighted by molar-refractivity contribution is -0.148. The third-order valence-electron chi connectivity index (χ3n) is 2.75. The number of carbonyl (C=O) groups excluding carboxylic acids is 1. The summed E-state index contributed by atoms with van der Waals surface area (Å²) in [7, 11) is 0. The maximum Gasteiger partial charge on any atom is 0.323 e. The monoisotopic (exact) mass is 263 g/mol. The van der Waals surface area contributed by atoms with Crippen molar-refractivity contribution in [2.45, 2.75) is 52.8 Å². The second-order valence-electron chi connectivity index (χ2n) is 5.60. The average Bonchev–Trinajstić information content (AvgIpc) is 2.35. The third kappa shape index (κ3) is 6.39. The Morgan fingerprint density at radius 1 is 1.16 bits per heavy atom. The fourth-order valence-corrected chi connectivity index (χ4v) is 1.94. The number of carbonyl (C=O) groups is 1. The average molecular weight is 263 g/mol. The van der Waals surface area contributed by atoms with Gasteiger partial charge in [-0.3, -0.25) is 4.79 Å². The molecule has 1 aromatic carbocycles. The molecule has 0 aliphatic carbocycles. The smallest absolute Gasteiger partial charge is 0.323 e. The maximum absolute atomic E-state index is 12.1. The summed E-state index contributed by atoms with van der Waals surface area (Å²) in [5, 5.41) is 3.27. The van der Waals surface area contributed by atoms with E-state index in [4.69, 9.17) is 4.74 Å². The van der Waals surface area contributed by atoms with Crippen LogP contribution in [-0.4, -0.2) is 18.1 Å². The highest BCUT2D eigenvalue weighted by molar-refractivity contribution is 5.75. The minimum absolute atomic E-state index is 0.161. The molecular weight excluding hydrogens is 238 g/mol. The highest BCUT2D eigenvalue weighted by Gasteiger charge is 2.21. The molecule has 3 heteroatoms. The van der Waals surface area contributed by atoms with Gasteiger partial charge >= 0.3 is 5.97 Å². The van der Waals surface area contributed by atoms with Crippen LogP contribution in [0.25, 0.3) is 0 Å². The minimum Gasteiger partial charge on any atom is -0.460 e. The topological polar surface area (TPSA) is 38.3 Å². The van der Waals surface area contributed by atoms with E-state index in [0.29, 0.717) is 12.5 Å². The number of nitrogens with one attached hydrogen (secondary N) is 1. The van der Waals surface area contributed by atoms with Crippen molar-refractivity contribution in [3.63, 3.8) is 0 Å². The van der Waals surface area contributed by atoms with Crippen LogP contribution < -0.4 is 5.32 Å². The van der Waals surface area contributed by atoms with Gasteiger partial charge in [0.25, 0.3) is 0 Å². The van der Waals surface area contributed by atoms with E-state index < -0.39 is 0 Å². The van der Waals surface area contributed by atoms with Crippen molar-refractivity contribution in [3.05, 3.63) is 35.9 Å². The van der Waals surface area contributed by atoms with Gasteiger partial charge in [-0.25, -0.2) is 0 Å². The molecule has 1 unspecified atom stereocenters. The van der Waals surface area contributed by atoms with E-state index in [2.05, 4.69) is 19.2 Å². The Morgan fingerprint density at radius 2 is 1.79 bits per heavy atom. The largest absolute Gasteiger partial charge is 0.460 e. The van der Waals surface area contributed by atoms with Gasteiger partial charge in [-0.05, 0) is 17.9 Å². The van der Waals surface area contributed by atoms with Crippen LogP contribution in [0, 0.1) is 5.92 Å². The Morgan fingerprint density at radius 3 is 2.32 bits per heavy atom. The first-order valence-electron chi connectivity index (χ1n) is 6.95. The summed E-state index contributed by atoms with van der Waals surface area (Å²) in [6.45, 7) is 8.64. The molecule has 0 amide bonds. The Kier molecular flexibility index (Phi) is 6.57. The molecule has 0 bridgehead atoms. The summed E-state index contributed by atoms with van der Waals surface area (Å²) in [5.41, 5.74) is 1.02. The molecule has 0 aliphatic rings. The Hall–Kier alpha value is -1.35. The summed E-state index contributed by atoms with van der Waals surface area (Å²) in [6, 6.07) is 9.81. The Bertz CT molecular complexity index is 364. The van der Waals surface area contributed by atoms with Crippen molar-refractivity contribution >= 4 is 5.97 Å². The molecule has 19 heavy (non-hydrogen) atoms. The molecule has 0 aromatic heterocycles.